The van der Waals surface area contributed by atoms with Crippen LogP contribution in [0.3, 0.4) is 0 Å². The average Bonchev–Trinajstić information content (AvgIpc) is 3.39. The van der Waals surface area contributed by atoms with E-state index in [1.54, 1.807) is 0 Å². The van der Waals surface area contributed by atoms with Gasteiger partial charge in [-0.05, 0) is 56.6 Å². The van der Waals surface area contributed by atoms with Crippen LogP contribution in [0.15, 0.2) is 140 Å². The molecule has 0 unspecified atom stereocenters. The number of rotatable bonds is 2. The van der Waals surface area contributed by atoms with Gasteiger partial charge in [0.25, 0.3) is 0 Å². The molecule has 0 N–H and O–H groups in total. The van der Waals surface area contributed by atoms with Crippen molar-refractivity contribution < 1.29 is 0 Å². The van der Waals surface area contributed by atoms with E-state index in [1.807, 2.05) is 24.3 Å². The Morgan fingerprint density at radius 1 is 0.390 bits per heavy atom. The zero-order valence-corrected chi connectivity index (χ0v) is 22.1. The zero-order chi connectivity index (χ0) is 26.9. The summed E-state index contributed by atoms with van der Waals surface area (Å²) in [4.78, 5) is 10.2. The first-order valence-corrected chi connectivity index (χ1v) is 13.9. The van der Waals surface area contributed by atoms with E-state index >= 15 is 0 Å². The molecule has 0 spiro atoms. The Kier molecular flexibility index (Phi) is 4.61. The van der Waals surface area contributed by atoms with Gasteiger partial charge in [-0.1, -0.05) is 115 Å². The predicted octanol–water partition coefficient (Wildman–Crippen LogP) is 9.85. The minimum absolute atomic E-state index is 0.725. The second-order valence-corrected chi connectivity index (χ2v) is 10.6. The van der Waals surface area contributed by atoms with E-state index in [0.29, 0.717) is 0 Å². The first-order chi connectivity index (χ1) is 20.3. The second kappa shape index (κ2) is 8.48. The SMILES string of the molecule is c1ccc(-c2nc(-n3c4ccccc4c4c5ccc6ccc7ccccc7c6c5ccc43)c3ccccc3n2)cc1. The summed E-state index contributed by atoms with van der Waals surface area (Å²) in [5.41, 5.74) is 4.21. The highest BCUT2D eigenvalue weighted by Crippen LogP contribution is 2.41. The van der Waals surface area contributed by atoms with Crippen LogP contribution in [0, 0.1) is 0 Å². The molecule has 0 aliphatic heterocycles. The molecule has 3 nitrogen and oxygen atoms in total. The molecule has 0 saturated carbocycles. The molecule has 41 heavy (non-hydrogen) atoms. The number of hydrogen-bond acceptors (Lipinski definition) is 2. The molecular formula is C38H23N3. The van der Waals surface area contributed by atoms with Gasteiger partial charge in [-0.2, -0.15) is 0 Å². The van der Waals surface area contributed by atoms with E-state index < -0.39 is 0 Å². The van der Waals surface area contributed by atoms with Gasteiger partial charge in [0.15, 0.2) is 5.82 Å². The molecule has 0 saturated heterocycles. The number of hydrogen-bond donors (Lipinski definition) is 0. The topological polar surface area (TPSA) is 30.7 Å². The molecule has 190 valence electrons. The Bertz CT molecular complexity index is 2470. The standard InChI is InChI=1S/C38H23N3/c1-2-11-26(12-3-1)37-39-32-16-8-6-14-30(32)38(40-37)41-33-17-9-7-15-31(33)36-29-21-20-25-19-18-24-10-4-5-13-27(24)35(25)28(29)22-23-34(36)41/h1-23H. The minimum atomic E-state index is 0.725. The van der Waals surface area contributed by atoms with Crippen molar-refractivity contribution in [1.82, 2.24) is 14.5 Å². The fourth-order valence-corrected chi connectivity index (χ4v) is 6.55. The number of para-hydroxylation sites is 2. The summed E-state index contributed by atoms with van der Waals surface area (Å²) < 4.78 is 2.33. The smallest absolute Gasteiger partial charge is 0.162 e. The molecule has 9 rings (SSSR count). The summed E-state index contributed by atoms with van der Waals surface area (Å²) in [6, 6.07) is 49.5. The quantitative estimate of drug-likeness (QED) is 0.212. The van der Waals surface area contributed by atoms with Crippen LogP contribution in [0.4, 0.5) is 0 Å². The summed E-state index contributed by atoms with van der Waals surface area (Å²) in [6.07, 6.45) is 0. The normalized spacial score (nSPS) is 11.9. The molecule has 0 fully saturated rings. The molecule has 9 aromatic rings. The van der Waals surface area contributed by atoms with Gasteiger partial charge < -0.3 is 0 Å². The Morgan fingerprint density at radius 2 is 1.05 bits per heavy atom. The molecule has 0 bridgehead atoms. The molecule has 0 atom stereocenters. The third kappa shape index (κ3) is 3.20. The highest BCUT2D eigenvalue weighted by atomic mass is 15.1. The highest BCUT2D eigenvalue weighted by Gasteiger charge is 2.19. The van der Waals surface area contributed by atoms with Gasteiger partial charge in [-0.15, -0.1) is 0 Å². The van der Waals surface area contributed by atoms with Gasteiger partial charge in [0.1, 0.15) is 5.82 Å². The van der Waals surface area contributed by atoms with E-state index in [-0.39, 0.29) is 0 Å². The molecule has 3 heteroatoms. The maximum atomic E-state index is 5.24. The van der Waals surface area contributed by atoms with Crippen molar-refractivity contribution >= 4 is 65.0 Å². The first-order valence-electron chi connectivity index (χ1n) is 13.9. The van der Waals surface area contributed by atoms with E-state index in [2.05, 4.69) is 120 Å². The maximum absolute atomic E-state index is 5.24. The largest absolute Gasteiger partial charge is 0.293 e. The average molecular weight is 522 g/mol. The predicted molar refractivity (Wildman–Crippen MR) is 172 cm³/mol. The Labute approximate surface area is 235 Å². The van der Waals surface area contributed by atoms with Crippen LogP contribution in [0.2, 0.25) is 0 Å². The van der Waals surface area contributed by atoms with Gasteiger partial charge in [-0.3, -0.25) is 4.57 Å². The minimum Gasteiger partial charge on any atom is -0.293 e. The van der Waals surface area contributed by atoms with E-state index in [4.69, 9.17) is 9.97 Å². The lowest BCUT2D eigenvalue weighted by Gasteiger charge is -2.13. The fourth-order valence-electron chi connectivity index (χ4n) is 6.55. The molecular weight excluding hydrogens is 498 g/mol. The molecule has 2 heterocycles. The van der Waals surface area contributed by atoms with Gasteiger partial charge in [-0.25, -0.2) is 9.97 Å². The fraction of sp³-hybridized carbons (Fsp3) is 0. The molecule has 0 aliphatic rings. The highest BCUT2D eigenvalue weighted by molar-refractivity contribution is 6.29. The van der Waals surface area contributed by atoms with E-state index in [0.717, 1.165) is 39.1 Å². The summed E-state index contributed by atoms with van der Waals surface area (Å²) in [5, 5.41) is 11.1. The molecule has 0 aliphatic carbocycles. The van der Waals surface area contributed by atoms with Crippen LogP contribution < -0.4 is 0 Å². The van der Waals surface area contributed by atoms with Crippen molar-refractivity contribution in [2.45, 2.75) is 0 Å². The lowest BCUT2D eigenvalue weighted by Crippen LogP contribution is -2.02. The van der Waals surface area contributed by atoms with Crippen molar-refractivity contribution in [3.05, 3.63) is 140 Å². The second-order valence-electron chi connectivity index (χ2n) is 10.6. The molecule has 7 aromatic carbocycles. The lowest BCUT2D eigenvalue weighted by molar-refractivity contribution is 1.08. The number of fused-ring (bicyclic) bond motifs is 10. The summed E-state index contributed by atoms with van der Waals surface area (Å²) in [7, 11) is 0. The number of benzene rings is 7. The van der Waals surface area contributed by atoms with Crippen molar-refractivity contribution in [2.24, 2.45) is 0 Å². The van der Waals surface area contributed by atoms with Gasteiger partial charge >= 0.3 is 0 Å². The third-order valence-electron chi connectivity index (χ3n) is 8.37. The Balaban J connectivity index is 1.45. The van der Waals surface area contributed by atoms with Gasteiger partial charge in [0.2, 0.25) is 0 Å². The molecule has 0 amide bonds. The summed E-state index contributed by atoms with van der Waals surface area (Å²) in [5.74, 6) is 1.62. The molecule has 0 radical (unpaired) electrons. The summed E-state index contributed by atoms with van der Waals surface area (Å²) in [6.45, 7) is 0. The van der Waals surface area contributed by atoms with E-state index in [1.165, 1.54) is 43.1 Å². The van der Waals surface area contributed by atoms with Crippen molar-refractivity contribution in [3.8, 4) is 17.2 Å². The Hall–Kier alpha value is -5.54. The van der Waals surface area contributed by atoms with Crippen molar-refractivity contribution in [3.63, 3.8) is 0 Å². The van der Waals surface area contributed by atoms with Gasteiger partial charge in [0, 0.05) is 21.7 Å². The zero-order valence-electron chi connectivity index (χ0n) is 22.1. The van der Waals surface area contributed by atoms with E-state index in [9.17, 15) is 0 Å². The van der Waals surface area contributed by atoms with Crippen molar-refractivity contribution in [2.75, 3.05) is 0 Å². The monoisotopic (exact) mass is 521 g/mol. The Morgan fingerprint density at radius 3 is 1.95 bits per heavy atom. The summed E-state index contributed by atoms with van der Waals surface area (Å²) >= 11 is 0. The first kappa shape index (κ1) is 22.3. The maximum Gasteiger partial charge on any atom is 0.162 e. The van der Waals surface area contributed by atoms with Crippen LogP contribution in [0.1, 0.15) is 0 Å². The van der Waals surface area contributed by atoms with Crippen LogP contribution in [0.25, 0.3) is 82.2 Å². The van der Waals surface area contributed by atoms with Crippen LogP contribution in [-0.2, 0) is 0 Å². The number of aromatic nitrogens is 3. The number of nitrogens with zero attached hydrogens (tertiary/aromatic N) is 3. The van der Waals surface area contributed by atoms with Crippen molar-refractivity contribution in [1.29, 1.82) is 0 Å². The van der Waals surface area contributed by atoms with Crippen LogP contribution in [-0.4, -0.2) is 14.5 Å². The molecule has 2 aromatic heterocycles. The third-order valence-corrected chi connectivity index (χ3v) is 8.37. The van der Waals surface area contributed by atoms with Crippen LogP contribution in [0.5, 0.6) is 0 Å². The lowest BCUT2D eigenvalue weighted by atomic mass is 9.94. The van der Waals surface area contributed by atoms with Crippen LogP contribution >= 0.6 is 0 Å². The van der Waals surface area contributed by atoms with Gasteiger partial charge in [0.05, 0.1) is 16.6 Å².